The van der Waals surface area contributed by atoms with Crippen LogP contribution in [-0.2, 0) is 4.79 Å². The van der Waals surface area contributed by atoms with Crippen molar-refractivity contribution >= 4 is 29.1 Å². The summed E-state index contributed by atoms with van der Waals surface area (Å²) >= 11 is 0. The molecule has 4 heteroatoms. The van der Waals surface area contributed by atoms with Crippen LogP contribution in [0, 0.1) is 0 Å². The van der Waals surface area contributed by atoms with Crippen LogP contribution in [0.4, 0.5) is 0 Å². The summed E-state index contributed by atoms with van der Waals surface area (Å²) in [4.78, 5) is 11.3. The van der Waals surface area contributed by atoms with Gasteiger partial charge in [-0.3, -0.25) is 4.79 Å². The first-order valence-electron chi connectivity index (χ1n) is 5.91. The largest absolute Gasteiger partial charge is 0.296 e. The summed E-state index contributed by atoms with van der Waals surface area (Å²) in [6.07, 6.45) is 2.57. The van der Waals surface area contributed by atoms with E-state index in [4.69, 9.17) is 0 Å². The van der Waals surface area contributed by atoms with Gasteiger partial charge in [-0.15, -0.1) is 5.10 Å². The molecule has 0 aliphatic heterocycles. The number of benzene rings is 2. The quantitative estimate of drug-likeness (QED) is 0.529. The molecule has 0 fully saturated rings. The van der Waals surface area contributed by atoms with E-state index < -0.39 is 0 Å². The lowest BCUT2D eigenvalue weighted by molar-refractivity contribution is -0.103. The Labute approximate surface area is 110 Å². The van der Waals surface area contributed by atoms with Gasteiger partial charge in [-0.05, 0) is 23.8 Å². The molecular weight excluding hydrogens is 238 g/mol. The second-order valence-electron chi connectivity index (χ2n) is 4.09. The standard InChI is InChI=1S/C15H11N3O/c19-11-13(10-12-6-2-1-3-7-12)18-15-9-5-4-8-14(15)16-17-18/h1-11H/b13-10-. The molecule has 92 valence electrons. The Kier molecular flexibility index (Phi) is 2.90. The van der Waals surface area contributed by atoms with Gasteiger partial charge in [0.05, 0.1) is 5.52 Å². The second-order valence-corrected chi connectivity index (χ2v) is 4.09. The Morgan fingerprint density at radius 3 is 2.53 bits per heavy atom. The normalized spacial score (nSPS) is 11.7. The topological polar surface area (TPSA) is 47.8 Å². The number of rotatable bonds is 3. The lowest BCUT2D eigenvalue weighted by Gasteiger charge is -2.01. The Morgan fingerprint density at radius 2 is 1.74 bits per heavy atom. The molecule has 0 aliphatic rings. The molecule has 1 heterocycles. The third-order valence-electron chi connectivity index (χ3n) is 2.83. The molecule has 0 saturated heterocycles. The lowest BCUT2D eigenvalue weighted by Crippen LogP contribution is -2.00. The van der Waals surface area contributed by atoms with Crippen LogP contribution in [0.3, 0.4) is 0 Å². The highest BCUT2D eigenvalue weighted by molar-refractivity contribution is 6.07. The van der Waals surface area contributed by atoms with Crippen molar-refractivity contribution in [2.45, 2.75) is 0 Å². The first kappa shape index (κ1) is 11.3. The number of carbonyl (C=O) groups is 1. The van der Waals surface area contributed by atoms with Gasteiger partial charge in [-0.25, -0.2) is 4.68 Å². The third kappa shape index (κ3) is 2.15. The third-order valence-corrected chi connectivity index (χ3v) is 2.83. The number of fused-ring (bicyclic) bond motifs is 1. The molecule has 0 atom stereocenters. The van der Waals surface area contributed by atoms with Gasteiger partial charge >= 0.3 is 0 Å². The molecule has 19 heavy (non-hydrogen) atoms. The molecule has 3 aromatic rings. The number of hydrogen-bond acceptors (Lipinski definition) is 3. The molecule has 0 N–H and O–H groups in total. The average Bonchev–Trinajstić information content (AvgIpc) is 2.90. The summed E-state index contributed by atoms with van der Waals surface area (Å²) in [5.74, 6) is 0. The molecule has 3 rings (SSSR count). The zero-order chi connectivity index (χ0) is 13.1. The second kappa shape index (κ2) is 4.86. The number of allylic oxidation sites excluding steroid dienone is 1. The summed E-state index contributed by atoms with van der Waals surface area (Å²) in [6, 6.07) is 17.2. The number of para-hydroxylation sites is 1. The highest BCUT2D eigenvalue weighted by Crippen LogP contribution is 2.15. The Hall–Kier alpha value is -2.75. The van der Waals surface area contributed by atoms with E-state index in [0.717, 1.165) is 22.9 Å². The van der Waals surface area contributed by atoms with E-state index in [2.05, 4.69) is 10.3 Å². The average molecular weight is 249 g/mol. The number of carbonyl (C=O) groups excluding carboxylic acids is 1. The van der Waals surface area contributed by atoms with Gasteiger partial charge in [-0.2, -0.15) is 0 Å². The molecule has 0 spiro atoms. The molecule has 1 aromatic heterocycles. The predicted molar refractivity (Wildman–Crippen MR) is 74.2 cm³/mol. The minimum absolute atomic E-state index is 0.458. The monoisotopic (exact) mass is 249 g/mol. The molecule has 0 amide bonds. The van der Waals surface area contributed by atoms with E-state index in [9.17, 15) is 4.79 Å². The number of aldehydes is 1. The molecule has 0 bridgehead atoms. The van der Waals surface area contributed by atoms with Gasteiger partial charge < -0.3 is 0 Å². The van der Waals surface area contributed by atoms with Crippen LogP contribution in [0.15, 0.2) is 54.6 Å². The minimum atomic E-state index is 0.458. The summed E-state index contributed by atoms with van der Waals surface area (Å²) in [7, 11) is 0. The van der Waals surface area contributed by atoms with Crippen LogP contribution in [-0.4, -0.2) is 21.3 Å². The molecular formula is C15H11N3O. The van der Waals surface area contributed by atoms with Gasteiger partial charge in [0, 0.05) is 0 Å². The number of nitrogens with zero attached hydrogens (tertiary/aromatic N) is 3. The van der Waals surface area contributed by atoms with Crippen LogP contribution in [0.25, 0.3) is 22.8 Å². The van der Waals surface area contributed by atoms with Gasteiger partial charge in [0.15, 0.2) is 6.29 Å². The van der Waals surface area contributed by atoms with Crippen molar-refractivity contribution in [1.82, 2.24) is 15.0 Å². The molecule has 2 aromatic carbocycles. The minimum Gasteiger partial charge on any atom is -0.296 e. The smallest absolute Gasteiger partial charge is 0.168 e. The van der Waals surface area contributed by atoms with Crippen LogP contribution in [0.2, 0.25) is 0 Å². The van der Waals surface area contributed by atoms with Crippen molar-refractivity contribution in [2.75, 3.05) is 0 Å². The maximum Gasteiger partial charge on any atom is 0.168 e. The van der Waals surface area contributed by atoms with Gasteiger partial charge in [0.1, 0.15) is 11.2 Å². The van der Waals surface area contributed by atoms with E-state index in [1.807, 2.05) is 54.6 Å². The lowest BCUT2D eigenvalue weighted by atomic mass is 10.2. The maximum atomic E-state index is 11.3. The first-order valence-corrected chi connectivity index (χ1v) is 5.91. The van der Waals surface area contributed by atoms with Crippen LogP contribution < -0.4 is 0 Å². The van der Waals surface area contributed by atoms with E-state index in [-0.39, 0.29) is 0 Å². The Bertz CT molecular complexity index is 744. The summed E-state index contributed by atoms with van der Waals surface area (Å²) in [6.45, 7) is 0. The van der Waals surface area contributed by atoms with Crippen LogP contribution in [0.1, 0.15) is 5.56 Å². The van der Waals surface area contributed by atoms with E-state index in [1.54, 1.807) is 10.8 Å². The maximum absolute atomic E-state index is 11.3. The molecule has 0 saturated carbocycles. The fourth-order valence-electron chi connectivity index (χ4n) is 1.92. The molecule has 0 aliphatic carbocycles. The Balaban J connectivity index is 2.13. The predicted octanol–water partition coefficient (Wildman–Crippen LogP) is 2.63. The van der Waals surface area contributed by atoms with Crippen LogP contribution >= 0.6 is 0 Å². The first-order chi connectivity index (χ1) is 9.38. The summed E-state index contributed by atoms with van der Waals surface area (Å²) in [5.41, 5.74) is 2.99. The fourth-order valence-corrected chi connectivity index (χ4v) is 1.92. The van der Waals surface area contributed by atoms with Crippen molar-refractivity contribution in [3.05, 3.63) is 60.2 Å². The van der Waals surface area contributed by atoms with Gasteiger partial charge in [0.2, 0.25) is 0 Å². The van der Waals surface area contributed by atoms with Crippen molar-refractivity contribution in [1.29, 1.82) is 0 Å². The number of aromatic nitrogens is 3. The van der Waals surface area contributed by atoms with Gasteiger partial charge in [0.25, 0.3) is 0 Å². The van der Waals surface area contributed by atoms with Crippen molar-refractivity contribution in [3.8, 4) is 0 Å². The zero-order valence-electron chi connectivity index (χ0n) is 10.1. The molecule has 0 unspecified atom stereocenters. The van der Waals surface area contributed by atoms with Crippen LogP contribution in [0.5, 0.6) is 0 Å². The van der Waals surface area contributed by atoms with E-state index >= 15 is 0 Å². The Morgan fingerprint density at radius 1 is 1.00 bits per heavy atom. The van der Waals surface area contributed by atoms with Crippen molar-refractivity contribution in [3.63, 3.8) is 0 Å². The van der Waals surface area contributed by atoms with E-state index in [1.165, 1.54) is 0 Å². The SMILES string of the molecule is O=C/C(=C/c1ccccc1)n1nnc2ccccc21. The van der Waals surface area contributed by atoms with Crippen molar-refractivity contribution < 1.29 is 4.79 Å². The summed E-state index contributed by atoms with van der Waals surface area (Å²) in [5, 5.41) is 8.07. The molecule has 0 radical (unpaired) electrons. The van der Waals surface area contributed by atoms with Crippen molar-refractivity contribution in [2.24, 2.45) is 0 Å². The summed E-state index contributed by atoms with van der Waals surface area (Å²) < 4.78 is 1.55. The van der Waals surface area contributed by atoms with Gasteiger partial charge in [-0.1, -0.05) is 47.7 Å². The fraction of sp³-hybridized carbons (Fsp3) is 0. The number of hydrogen-bond donors (Lipinski definition) is 0. The molecule has 4 nitrogen and oxygen atoms in total. The van der Waals surface area contributed by atoms with E-state index in [0.29, 0.717) is 5.70 Å². The highest BCUT2D eigenvalue weighted by atomic mass is 16.1. The zero-order valence-corrected chi connectivity index (χ0v) is 10.1. The highest BCUT2D eigenvalue weighted by Gasteiger charge is 2.07.